The molecule has 162 valence electrons. The summed E-state index contributed by atoms with van der Waals surface area (Å²) >= 11 is 3.45. The van der Waals surface area contributed by atoms with Crippen molar-refractivity contribution in [3.63, 3.8) is 0 Å². The van der Waals surface area contributed by atoms with Crippen LogP contribution in [0.15, 0.2) is 22.0 Å². The lowest BCUT2D eigenvalue weighted by molar-refractivity contribution is 0.215. The second-order valence-electron chi connectivity index (χ2n) is 8.28. The Bertz CT molecular complexity index is 1190. The summed E-state index contributed by atoms with van der Waals surface area (Å²) in [5, 5.41) is 7.37. The van der Waals surface area contributed by atoms with Crippen molar-refractivity contribution in [2.24, 2.45) is 0 Å². The summed E-state index contributed by atoms with van der Waals surface area (Å²) in [6, 6.07) is 4.15. The van der Waals surface area contributed by atoms with Crippen LogP contribution in [-0.2, 0) is 6.54 Å². The molecule has 7 nitrogen and oxygen atoms in total. The predicted molar refractivity (Wildman–Crippen MR) is 126 cm³/mol. The van der Waals surface area contributed by atoms with Gasteiger partial charge in [-0.15, -0.1) is 22.7 Å². The van der Waals surface area contributed by atoms with Gasteiger partial charge in [0.2, 0.25) is 5.89 Å². The van der Waals surface area contributed by atoms with Gasteiger partial charge in [-0.05, 0) is 30.9 Å². The second-order valence-corrected chi connectivity index (χ2v) is 10.4. The van der Waals surface area contributed by atoms with Crippen LogP contribution in [0.2, 0.25) is 0 Å². The highest BCUT2D eigenvalue weighted by Crippen LogP contribution is 2.37. The van der Waals surface area contributed by atoms with Gasteiger partial charge in [0.05, 0.1) is 16.8 Å². The van der Waals surface area contributed by atoms with Crippen LogP contribution in [0.1, 0.15) is 41.9 Å². The minimum Gasteiger partial charge on any atom is -0.353 e. The number of hydrogen-bond donors (Lipinski definition) is 0. The molecule has 1 aliphatic heterocycles. The first-order valence-corrected chi connectivity index (χ1v) is 12.3. The molecule has 0 unspecified atom stereocenters. The number of piperazine rings is 1. The van der Waals surface area contributed by atoms with E-state index < -0.39 is 0 Å². The number of thiophene rings is 2. The van der Waals surface area contributed by atoms with Crippen LogP contribution in [0.25, 0.3) is 20.9 Å². The van der Waals surface area contributed by atoms with Gasteiger partial charge in [0.1, 0.15) is 10.6 Å². The Morgan fingerprint density at radius 3 is 2.58 bits per heavy atom. The third-order valence-electron chi connectivity index (χ3n) is 5.78. The molecule has 4 aromatic heterocycles. The molecule has 0 radical (unpaired) electrons. The molecule has 0 bridgehead atoms. The maximum Gasteiger partial charge on any atom is 0.240 e. The molecule has 1 aliphatic rings. The number of nitrogens with zero attached hydrogens (tertiary/aromatic N) is 6. The number of hydrogen-bond acceptors (Lipinski definition) is 9. The average molecular weight is 455 g/mol. The van der Waals surface area contributed by atoms with Crippen LogP contribution in [0.5, 0.6) is 0 Å². The van der Waals surface area contributed by atoms with Crippen molar-refractivity contribution in [1.29, 1.82) is 0 Å². The van der Waals surface area contributed by atoms with Gasteiger partial charge in [0, 0.05) is 37.0 Å². The zero-order chi connectivity index (χ0) is 21.5. The van der Waals surface area contributed by atoms with Crippen molar-refractivity contribution in [3.8, 4) is 10.7 Å². The third kappa shape index (κ3) is 3.97. The molecule has 0 aliphatic carbocycles. The van der Waals surface area contributed by atoms with Crippen molar-refractivity contribution < 1.29 is 4.52 Å². The van der Waals surface area contributed by atoms with Gasteiger partial charge in [0.25, 0.3) is 0 Å². The van der Waals surface area contributed by atoms with Gasteiger partial charge >= 0.3 is 0 Å². The van der Waals surface area contributed by atoms with E-state index in [0.29, 0.717) is 12.4 Å². The monoisotopic (exact) mass is 454 g/mol. The summed E-state index contributed by atoms with van der Waals surface area (Å²) in [4.78, 5) is 22.8. The maximum atomic E-state index is 5.44. The lowest BCUT2D eigenvalue weighted by atomic mass is 10.2. The summed E-state index contributed by atoms with van der Waals surface area (Å²) in [6.45, 7) is 12.9. The number of anilines is 1. The van der Waals surface area contributed by atoms with Crippen LogP contribution >= 0.6 is 22.7 Å². The van der Waals surface area contributed by atoms with Crippen LogP contribution in [0.3, 0.4) is 0 Å². The lowest BCUT2D eigenvalue weighted by Gasteiger charge is -2.35. The molecular formula is C22H26N6OS2. The molecule has 5 heterocycles. The number of aryl methyl sites for hydroxylation is 2. The lowest BCUT2D eigenvalue weighted by Crippen LogP contribution is -2.46. The Labute approximate surface area is 189 Å². The van der Waals surface area contributed by atoms with Crippen molar-refractivity contribution in [3.05, 3.63) is 39.7 Å². The van der Waals surface area contributed by atoms with E-state index in [1.165, 1.54) is 15.8 Å². The predicted octanol–water partition coefficient (Wildman–Crippen LogP) is 4.87. The minimum atomic E-state index is 0.282. The van der Waals surface area contributed by atoms with Crippen LogP contribution in [0, 0.1) is 13.8 Å². The highest BCUT2D eigenvalue weighted by molar-refractivity contribution is 7.19. The Kier molecular flexibility index (Phi) is 5.49. The molecule has 0 atom stereocenters. The van der Waals surface area contributed by atoms with Gasteiger partial charge in [-0.2, -0.15) is 4.98 Å². The fraction of sp³-hybridized carbons (Fsp3) is 0.455. The summed E-state index contributed by atoms with van der Waals surface area (Å²) < 4.78 is 5.44. The van der Waals surface area contributed by atoms with E-state index in [1.807, 2.05) is 0 Å². The Morgan fingerprint density at radius 2 is 1.90 bits per heavy atom. The molecule has 4 aromatic rings. The fourth-order valence-electron chi connectivity index (χ4n) is 3.85. The minimum absolute atomic E-state index is 0.282. The smallest absolute Gasteiger partial charge is 0.240 e. The van der Waals surface area contributed by atoms with Crippen molar-refractivity contribution in [2.45, 2.75) is 40.2 Å². The second kappa shape index (κ2) is 8.29. The summed E-state index contributed by atoms with van der Waals surface area (Å²) in [7, 11) is 0. The molecule has 9 heteroatoms. The Hall–Kier alpha value is -2.36. The first-order chi connectivity index (χ1) is 15.0. The molecule has 0 amide bonds. The molecule has 0 spiro atoms. The normalized spacial score (nSPS) is 15.5. The van der Waals surface area contributed by atoms with E-state index >= 15 is 0 Å². The summed E-state index contributed by atoms with van der Waals surface area (Å²) in [5.41, 5.74) is 1.29. The molecular weight excluding hydrogens is 428 g/mol. The van der Waals surface area contributed by atoms with Crippen LogP contribution < -0.4 is 4.90 Å². The first-order valence-electron chi connectivity index (χ1n) is 10.6. The summed E-state index contributed by atoms with van der Waals surface area (Å²) in [6.07, 6.45) is 0. The number of aromatic nitrogens is 4. The molecule has 5 rings (SSSR count). The average Bonchev–Trinajstić information content (AvgIpc) is 3.50. The molecule has 1 fully saturated rings. The zero-order valence-corrected chi connectivity index (χ0v) is 19.9. The highest BCUT2D eigenvalue weighted by Gasteiger charge is 2.25. The van der Waals surface area contributed by atoms with Gasteiger partial charge in [0.15, 0.2) is 11.6 Å². The maximum absolute atomic E-state index is 5.44. The SMILES string of the molecule is Cc1sc2nc(-c3cccs3)nc(N3CCN(Cc4nc(C(C)C)no4)CC3)c2c1C. The largest absolute Gasteiger partial charge is 0.353 e. The Balaban J connectivity index is 1.38. The number of rotatable bonds is 5. The molecule has 0 N–H and O–H groups in total. The number of fused-ring (bicyclic) bond motifs is 1. The zero-order valence-electron chi connectivity index (χ0n) is 18.3. The van der Waals surface area contributed by atoms with Crippen molar-refractivity contribution >= 4 is 38.7 Å². The van der Waals surface area contributed by atoms with E-state index in [0.717, 1.165) is 53.4 Å². The van der Waals surface area contributed by atoms with E-state index in [2.05, 4.69) is 65.1 Å². The van der Waals surface area contributed by atoms with E-state index in [9.17, 15) is 0 Å². The fourth-order valence-corrected chi connectivity index (χ4v) is 5.53. The molecule has 0 saturated carbocycles. The first kappa shape index (κ1) is 20.5. The molecule has 31 heavy (non-hydrogen) atoms. The Morgan fingerprint density at radius 1 is 1.10 bits per heavy atom. The van der Waals surface area contributed by atoms with E-state index in [1.54, 1.807) is 22.7 Å². The van der Waals surface area contributed by atoms with Crippen LogP contribution in [0.4, 0.5) is 5.82 Å². The standard InChI is InChI=1S/C22H26N6OS2/c1-13(2)19-23-17(29-26-19)12-27-7-9-28(10-8-27)21-18-14(3)15(4)31-22(18)25-20(24-21)16-6-5-11-30-16/h5-6,11,13H,7-10,12H2,1-4H3. The molecule has 1 saturated heterocycles. The van der Waals surface area contributed by atoms with E-state index in [4.69, 9.17) is 14.5 Å². The van der Waals surface area contributed by atoms with Crippen molar-refractivity contribution in [2.75, 3.05) is 31.1 Å². The van der Waals surface area contributed by atoms with Crippen LogP contribution in [-0.4, -0.2) is 51.2 Å². The topological polar surface area (TPSA) is 71.2 Å². The van der Waals surface area contributed by atoms with Gasteiger partial charge in [-0.3, -0.25) is 4.90 Å². The van der Waals surface area contributed by atoms with Crippen molar-refractivity contribution in [1.82, 2.24) is 25.0 Å². The van der Waals surface area contributed by atoms with Gasteiger partial charge in [-0.1, -0.05) is 25.1 Å². The third-order valence-corrected chi connectivity index (χ3v) is 7.75. The van der Waals surface area contributed by atoms with E-state index in [-0.39, 0.29) is 5.92 Å². The quantitative estimate of drug-likeness (QED) is 0.426. The highest BCUT2D eigenvalue weighted by atomic mass is 32.1. The van der Waals surface area contributed by atoms with Gasteiger partial charge in [-0.25, -0.2) is 9.97 Å². The summed E-state index contributed by atoms with van der Waals surface area (Å²) in [5.74, 6) is 3.65. The van der Waals surface area contributed by atoms with Gasteiger partial charge < -0.3 is 9.42 Å². The molecule has 0 aromatic carbocycles.